The Labute approximate surface area is 203 Å². The number of aliphatic hydroxyl groups excluding tert-OH is 2. The summed E-state index contributed by atoms with van der Waals surface area (Å²) in [5.41, 5.74) is 0. The third-order valence-corrected chi connectivity index (χ3v) is 5.32. The Morgan fingerprint density at radius 3 is 1.73 bits per heavy atom. The van der Waals surface area contributed by atoms with Crippen LogP contribution in [0, 0.1) is 0 Å². The third-order valence-electron chi connectivity index (χ3n) is 5.32. The van der Waals surface area contributed by atoms with Gasteiger partial charge in [-0.25, -0.2) is 0 Å². The third kappa shape index (κ3) is 21.7. The molecule has 188 valence electrons. The van der Waals surface area contributed by atoms with E-state index in [0.29, 0.717) is 6.42 Å². The maximum atomic E-state index is 12.1. The zero-order valence-corrected chi connectivity index (χ0v) is 21.1. The first kappa shape index (κ1) is 31.1. The molecule has 2 unspecified atom stereocenters. The molecule has 0 radical (unpaired) electrons. The van der Waals surface area contributed by atoms with Crippen LogP contribution in [0.1, 0.15) is 97.3 Å². The number of hydrogen-bond donors (Lipinski definition) is 3. The zero-order chi connectivity index (χ0) is 24.4. The van der Waals surface area contributed by atoms with E-state index in [9.17, 15) is 15.0 Å². The van der Waals surface area contributed by atoms with Crippen LogP contribution in [-0.4, -0.2) is 34.9 Å². The Morgan fingerprint density at radius 1 is 0.727 bits per heavy atom. The number of aliphatic hydroxyl groups is 2. The van der Waals surface area contributed by atoms with E-state index in [4.69, 9.17) is 0 Å². The van der Waals surface area contributed by atoms with Crippen LogP contribution in [-0.2, 0) is 4.79 Å². The predicted molar refractivity (Wildman–Crippen MR) is 142 cm³/mol. The number of rotatable bonds is 21. The molecule has 4 nitrogen and oxygen atoms in total. The summed E-state index contributed by atoms with van der Waals surface area (Å²) in [7, 11) is 0. The number of nitrogens with one attached hydrogen (secondary N) is 1. The van der Waals surface area contributed by atoms with E-state index in [2.05, 4.69) is 67.8 Å². The summed E-state index contributed by atoms with van der Waals surface area (Å²) < 4.78 is 0. The van der Waals surface area contributed by atoms with E-state index in [1.807, 2.05) is 12.2 Å². The first-order chi connectivity index (χ1) is 16.2. The fourth-order valence-electron chi connectivity index (χ4n) is 3.31. The van der Waals surface area contributed by atoms with Crippen molar-refractivity contribution in [3.05, 3.63) is 60.8 Å². The zero-order valence-electron chi connectivity index (χ0n) is 21.1. The summed E-state index contributed by atoms with van der Waals surface area (Å²) in [6, 6.07) is -0.587. The molecule has 0 bridgehead atoms. The van der Waals surface area contributed by atoms with Gasteiger partial charge in [-0.05, 0) is 38.5 Å². The van der Waals surface area contributed by atoms with Crippen molar-refractivity contribution in [2.24, 2.45) is 0 Å². The van der Waals surface area contributed by atoms with Gasteiger partial charge in [0.15, 0.2) is 0 Å². The van der Waals surface area contributed by atoms with Gasteiger partial charge in [-0.3, -0.25) is 4.79 Å². The van der Waals surface area contributed by atoms with Crippen molar-refractivity contribution in [3.63, 3.8) is 0 Å². The molecule has 33 heavy (non-hydrogen) atoms. The van der Waals surface area contributed by atoms with Gasteiger partial charge in [-0.15, -0.1) is 0 Å². The van der Waals surface area contributed by atoms with Crippen molar-refractivity contribution in [2.45, 2.75) is 109 Å². The molecule has 0 aromatic heterocycles. The van der Waals surface area contributed by atoms with E-state index in [-0.39, 0.29) is 18.9 Å². The van der Waals surface area contributed by atoms with Crippen LogP contribution >= 0.6 is 0 Å². The smallest absolute Gasteiger partial charge is 0.224 e. The molecule has 0 spiro atoms. The highest BCUT2D eigenvalue weighted by atomic mass is 16.3. The minimum absolute atomic E-state index is 0.169. The topological polar surface area (TPSA) is 69.6 Å². The molecule has 0 aliphatic carbocycles. The van der Waals surface area contributed by atoms with Crippen LogP contribution in [0.2, 0.25) is 0 Å². The first-order valence-electron chi connectivity index (χ1n) is 13.0. The lowest BCUT2D eigenvalue weighted by Gasteiger charge is -2.22. The molecule has 0 saturated carbocycles. The Bertz CT molecular complexity index is 590. The highest BCUT2D eigenvalue weighted by molar-refractivity contribution is 5.77. The number of carbonyl (C=O) groups excluding carboxylic acids is 1. The lowest BCUT2D eigenvalue weighted by molar-refractivity contribution is -0.122. The molecule has 0 fully saturated rings. The van der Waals surface area contributed by atoms with Crippen LogP contribution in [0.25, 0.3) is 0 Å². The second-order valence-corrected chi connectivity index (χ2v) is 8.39. The number of amides is 1. The second kappa shape index (κ2) is 24.7. The molecule has 2 atom stereocenters. The van der Waals surface area contributed by atoms with Crippen molar-refractivity contribution >= 4 is 5.91 Å². The first-order valence-corrected chi connectivity index (χ1v) is 13.0. The van der Waals surface area contributed by atoms with Gasteiger partial charge in [0, 0.05) is 6.42 Å². The quantitative estimate of drug-likeness (QED) is 0.132. The van der Waals surface area contributed by atoms with Crippen molar-refractivity contribution < 1.29 is 15.0 Å². The second-order valence-electron chi connectivity index (χ2n) is 8.39. The van der Waals surface area contributed by atoms with Crippen molar-refractivity contribution in [2.75, 3.05) is 6.61 Å². The Kier molecular flexibility index (Phi) is 23.3. The fraction of sp³-hybridized carbons (Fsp3) is 0.621. The van der Waals surface area contributed by atoms with E-state index in [0.717, 1.165) is 44.9 Å². The standard InChI is InChI=1S/C29H49NO3/c1-3-5-7-9-11-12-13-14-15-16-17-18-19-21-23-25-29(33)30-27(26-31)28(32)24-22-20-10-8-6-4-2/h5,7,11-12,14-15,17-18,21,23,27-28,31-32H,3-4,6,8-10,13,16,19-20,22,24-26H2,1-2H3,(H,30,33)/b7-5-,12-11-,15-14-,18-17-,23-21-. The molecular formula is C29H49NO3. The molecule has 1 amide bonds. The van der Waals surface area contributed by atoms with Gasteiger partial charge in [0.25, 0.3) is 0 Å². The Balaban J connectivity index is 3.89. The van der Waals surface area contributed by atoms with Crippen LogP contribution in [0.3, 0.4) is 0 Å². The maximum Gasteiger partial charge on any atom is 0.224 e. The van der Waals surface area contributed by atoms with Gasteiger partial charge in [0.05, 0.1) is 18.8 Å². The lowest BCUT2D eigenvalue weighted by Crippen LogP contribution is -2.45. The van der Waals surface area contributed by atoms with Crippen molar-refractivity contribution in [1.29, 1.82) is 0 Å². The molecule has 3 N–H and O–H groups in total. The summed E-state index contributed by atoms with van der Waals surface area (Å²) >= 11 is 0. The number of carbonyl (C=O) groups is 1. The molecule has 0 rings (SSSR count). The fourth-order valence-corrected chi connectivity index (χ4v) is 3.31. The van der Waals surface area contributed by atoms with Gasteiger partial charge in [0.1, 0.15) is 0 Å². The summed E-state index contributed by atoms with van der Waals surface area (Å²) in [5.74, 6) is -0.169. The SMILES string of the molecule is CC/C=C\C/C=C\C/C=C\C/C=C\C/C=C\CC(=O)NC(CO)C(O)CCCCCCCC. The molecule has 4 heteroatoms. The van der Waals surface area contributed by atoms with Crippen LogP contribution in [0.15, 0.2) is 60.8 Å². The van der Waals surface area contributed by atoms with Gasteiger partial charge < -0.3 is 15.5 Å². The van der Waals surface area contributed by atoms with E-state index in [1.165, 1.54) is 25.7 Å². The highest BCUT2D eigenvalue weighted by Gasteiger charge is 2.19. The largest absolute Gasteiger partial charge is 0.394 e. The Morgan fingerprint density at radius 2 is 1.21 bits per heavy atom. The summed E-state index contributed by atoms with van der Waals surface area (Å²) in [6.45, 7) is 4.09. The predicted octanol–water partition coefficient (Wildman–Crippen LogP) is 6.72. The molecule has 0 aliphatic rings. The monoisotopic (exact) mass is 459 g/mol. The normalized spacial score (nSPS) is 14.4. The number of hydrogen-bond acceptors (Lipinski definition) is 3. The summed E-state index contributed by atoms with van der Waals surface area (Å²) in [4.78, 5) is 12.1. The van der Waals surface area contributed by atoms with E-state index >= 15 is 0 Å². The van der Waals surface area contributed by atoms with Crippen molar-refractivity contribution in [3.8, 4) is 0 Å². The Hall–Kier alpha value is -1.91. The molecule has 0 aromatic carbocycles. The average Bonchev–Trinajstić information content (AvgIpc) is 2.82. The van der Waals surface area contributed by atoms with Crippen LogP contribution in [0.4, 0.5) is 0 Å². The minimum Gasteiger partial charge on any atom is -0.394 e. The van der Waals surface area contributed by atoms with Gasteiger partial charge >= 0.3 is 0 Å². The number of unbranched alkanes of at least 4 members (excludes halogenated alkanes) is 5. The summed E-state index contributed by atoms with van der Waals surface area (Å²) in [6.07, 6.45) is 32.9. The van der Waals surface area contributed by atoms with Crippen molar-refractivity contribution in [1.82, 2.24) is 5.32 Å². The van der Waals surface area contributed by atoms with Gasteiger partial charge in [-0.1, -0.05) is 113 Å². The summed E-state index contributed by atoms with van der Waals surface area (Å²) in [5, 5.41) is 22.5. The average molecular weight is 460 g/mol. The van der Waals surface area contributed by atoms with E-state index < -0.39 is 12.1 Å². The van der Waals surface area contributed by atoms with Gasteiger partial charge in [0.2, 0.25) is 5.91 Å². The van der Waals surface area contributed by atoms with Gasteiger partial charge in [-0.2, -0.15) is 0 Å². The molecule has 0 saturated heterocycles. The van der Waals surface area contributed by atoms with E-state index in [1.54, 1.807) is 0 Å². The molecule has 0 aromatic rings. The highest BCUT2D eigenvalue weighted by Crippen LogP contribution is 2.10. The van der Waals surface area contributed by atoms with Crippen LogP contribution < -0.4 is 5.32 Å². The molecule has 0 heterocycles. The molecule has 0 aliphatic heterocycles. The minimum atomic E-state index is -0.696. The lowest BCUT2D eigenvalue weighted by atomic mass is 10.0. The number of allylic oxidation sites excluding steroid dienone is 9. The maximum absolute atomic E-state index is 12.1. The molecular weight excluding hydrogens is 410 g/mol. The van der Waals surface area contributed by atoms with Crippen LogP contribution in [0.5, 0.6) is 0 Å².